The summed E-state index contributed by atoms with van der Waals surface area (Å²) < 4.78 is 52.3. The van der Waals surface area contributed by atoms with Gasteiger partial charge in [-0.3, -0.25) is 23.7 Å². The van der Waals surface area contributed by atoms with Gasteiger partial charge < -0.3 is 24.2 Å². The normalized spacial score (nSPS) is 26.5. The number of carbonyl (C=O) groups excluding carboxylic acids is 1. The van der Waals surface area contributed by atoms with E-state index in [1.807, 2.05) is 4.98 Å². The average molecular weight is 596 g/mol. The van der Waals surface area contributed by atoms with Crippen molar-refractivity contribution < 1.29 is 42.5 Å². The predicted molar refractivity (Wildman–Crippen MR) is 144 cm³/mol. The lowest BCUT2D eigenvalue weighted by atomic mass is 9.95. The molecule has 2 heterocycles. The van der Waals surface area contributed by atoms with E-state index in [9.17, 15) is 29.2 Å². The van der Waals surface area contributed by atoms with Gasteiger partial charge in [-0.15, -0.1) is 0 Å². The molecule has 2 aromatic carbocycles. The number of H-pyrrole nitrogens is 1. The van der Waals surface area contributed by atoms with Gasteiger partial charge in [0.05, 0.1) is 6.10 Å². The molecule has 0 amide bonds. The number of fused-ring (bicyclic) bond motifs is 1. The lowest BCUT2D eigenvalue weighted by Crippen LogP contribution is -2.50. The second-order valence-corrected chi connectivity index (χ2v) is 11.8. The molecule has 3 aromatic rings. The Balaban J connectivity index is 1.64. The van der Waals surface area contributed by atoms with E-state index in [0.717, 1.165) is 24.6 Å². The molecule has 1 saturated heterocycles. The second-order valence-electron chi connectivity index (χ2n) is 10.1. The quantitative estimate of drug-likeness (QED) is 0.199. The molecule has 15 heteroatoms. The molecule has 1 unspecified atom stereocenters. The number of hydrogen-bond acceptors (Lipinski definition) is 10. The SMILES string of the molecule is CC(C)OC(=O)[C@H](C)NP(=O)(OC[C@@]1(F)O[C@@H](n2ccc(=O)[nH]c2=O)[C@](C)(O)[C@@H]1O)Oc1cccc2ccccc12. The number of ether oxygens (including phenoxy) is 2. The number of aliphatic hydroxyl groups excluding tert-OH is 1. The molecular weight excluding hydrogens is 564 g/mol. The third kappa shape index (κ3) is 6.43. The highest BCUT2D eigenvalue weighted by Gasteiger charge is 2.63. The fraction of sp³-hybridized carbons (Fsp3) is 0.423. The lowest BCUT2D eigenvalue weighted by molar-refractivity contribution is -0.204. The smallest absolute Gasteiger partial charge is 0.459 e. The maximum atomic E-state index is 16.1. The maximum absolute atomic E-state index is 16.1. The first-order valence-electron chi connectivity index (χ1n) is 12.6. The van der Waals surface area contributed by atoms with Crippen molar-refractivity contribution in [3.63, 3.8) is 0 Å². The van der Waals surface area contributed by atoms with E-state index in [4.69, 9.17) is 18.5 Å². The highest BCUT2D eigenvalue weighted by Crippen LogP contribution is 2.51. The Kier molecular flexibility index (Phi) is 8.55. The molecule has 13 nitrogen and oxygen atoms in total. The van der Waals surface area contributed by atoms with Gasteiger partial charge in [0.2, 0.25) is 0 Å². The van der Waals surface area contributed by atoms with Crippen LogP contribution in [0.1, 0.15) is 33.9 Å². The van der Waals surface area contributed by atoms with Crippen LogP contribution in [0.15, 0.2) is 64.3 Å². The molecule has 0 spiro atoms. The number of alkyl halides is 1. The Hall–Kier alpha value is -3.39. The van der Waals surface area contributed by atoms with Gasteiger partial charge in [0.25, 0.3) is 11.4 Å². The third-order valence-electron chi connectivity index (χ3n) is 6.33. The summed E-state index contributed by atoms with van der Waals surface area (Å²) in [5.74, 6) is -3.95. The summed E-state index contributed by atoms with van der Waals surface area (Å²) in [6.45, 7) is 4.31. The van der Waals surface area contributed by atoms with Gasteiger partial charge in [0.15, 0.2) is 6.23 Å². The first kappa shape index (κ1) is 30.6. The Morgan fingerprint density at radius 1 is 1.20 bits per heavy atom. The predicted octanol–water partition coefficient (Wildman–Crippen LogP) is 2.13. The standard InChI is InChI=1S/C26H31FN3O10P/c1-15(2)38-21(32)16(3)29-41(36,40-19-11-7-9-17-8-5-6-10-18(17)19)37-14-26(27)22(33)25(4,35)23(39-26)30-13-12-20(31)28-24(30)34/h5-13,15-16,22-23,33,35H,14H2,1-4H3,(H,29,36)(H,28,31,34)/t16-,22-,23+,25+,26+,41?/m0/s1. The first-order valence-corrected chi connectivity index (χ1v) is 14.2. The van der Waals surface area contributed by atoms with Gasteiger partial charge in [-0.1, -0.05) is 36.4 Å². The Morgan fingerprint density at radius 2 is 1.88 bits per heavy atom. The minimum absolute atomic E-state index is 0.0776. The number of aromatic nitrogens is 2. The van der Waals surface area contributed by atoms with Crippen LogP contribution in [0.5, 0.6) is 5.75 Å². The van der Waals surface area contributed by atoms with Crippen molar-refractivity contribution in [2.45, 2.75) is 63.6 Å². The second kappa shape index (κ2) is 11.5. The molecule has 0 aliphatic carbocycles. The van der Waals surface area contributed by atoms with Gasteiger partial charge in [-0.25, -0.2) is 13.8 Å². The molecule has 222 valence electrons. The highest BCUT2D eigenvalue weighted by molar-refractivity contribution is 7.52. The molecule has 1 aromatic heterocycles. The number of aliphatic hydroxyl groups is 2. The monoisotopic (exact) mass is 595 g/mol. The largest absolute Gasteiger partial charge is 0.462 e. The fourth-order valence-corrected chi connectivity index (χ4v) is 5.82. The van der Waals surface area contributed by atoms with E-state index >= 15 is 4.39 Å². The summed E-state index contributed by atoms with van der Waals surface area (Å²) in [5.41, 5.74) is -4.20. The minimum atomic E-state index is -4.65. The number of carbonyl (C=O) groups is 1. The van der Waals surface area contributed by atoms with Gasteiger partial charge in [0, 0.05) is 17.6 Å². The topological polar surface area (TPSA) is 178 Å². The molecular formula is C26H31FN3O10P. The average Bonchev–Trinajstić information content (AvgIpc) is 3.07. The van der Waals surface area contributed by atoms with Crippen molar-refractivity contribution in [1.29, 1.82) is 0 Å². The maximum Gasteiger partial charge on any atom is 0.459 e. The molecule has 0 saturated carbocycles. The molecule has 4 rings (SSSR count). The molecule has 1 fully saturated rings. The van der Waals surface area contributed by atoms with Crippen molar-refractivity contribution in [1.82, 2.24) is 14.6 Å². The van der Waals surface area contributed by atoms with Gasteiger partial charge >= 0.3 is 19.4 Å². The number of nitrogens with zero attached hydrogens (tertiary/aromatic N) is 1. The van der Waals surface area contributed by atoms with E-state index in [0.29, 0.717) is 9.95 Å². The summed E-state index contributed by atoms with van der Waals surface area (Å²) in [7, 11) is -4.65. The van der Waals surface area contributed by atoms with E-state index in [1.165, 1.54) is 13.0 Å². The number of aromatic amines is 1. The minimum Gasteiger partial charge on any atom is -0.462 e. The zero-order valence-electron chi connectivity index (χ0n) is 22.6. The molecule has 0 bridgehead atoms. The van der Waals surface area contributed by atoms with Crippen molar-refractivity contribution in [3.8, 4) is 5.75 Å². The molecule has 0 radical (unpaired) electrons. The summed E-state index contributed by atoms with van der Waals surface area (Å²) in [6.07, 6.45) is -3.68. The van der Waals surface area contributed by atoms with Crippen LogP contribution in [0.3, 0.4) is 0 Å². The van der Waals surface area contributed by atoms with Crippen LogP contribution in [0.25, 0.3) is 10.8 Å². The van der Waals surface area contributed by atoms with Crippen molar-refractivity contribution in [3.05, 3.63) is 75.6 Å². The zero-order valence-corrected chi connectivity index (χ0v) is 23.5. The number of halogens is 1. The number of rotatable bonds is 10. The summed E-state index contributed by atoms with van der Waals surface area (Å²) in [4.78, 5) is 38.1. The van der Waals surface area contributed by atoms with Crippen LogP contribution >= 0.6 is 7.75 Å². The van der Waals surface area contributed by atoms with Crippen LogP contribution < -0.4 is 20.9 Å². The van der Waals surface area contributed by atoms with E-state index in [1.54, 1.807) is 50.2 Å². The van der Waals surface area contributed by atoms with Crippen LogP contribution in [-0.2, 0) is 23.4 Å². The number of esters is 1. The summed E-state index contributed by atoms with van der Waals surface area (Å²) in [6, 6.07) is 11.6. The van der Waals surface area contributed by atoms with Crippen molar-refractivity contribution in [2.24, 2.45) is 0 Å². The molecule has 1 aliphatic heterocycles. The number of nitrogens with one attached hydrogen (secondary N) is 2. The zero-order chi connectivity index (χ0) is 30.2. The van der Waals surface area contributed by atoms with Crippen LogP contribution in [-0.4, -0.2) is 62.0 Å². The summed E-state index contributed by atoms with van der Waals surface area (Å²) in [5, 5.41) is 25.3. The molecule has 4 N–H and O–H groups in total. The molecule has 41 heavy (non-hydrogen) atoms. The Bertz CT molecular complexity index is 1590. The number of benzene rings is 2. The summed E-state index contributed by atoms with van der Waals surface area (Å²) >= 11 is 0. The van der Waals surface area contributed by atoms with E-state index in [-0.39, 0.29) is 5.75 Å². The van der Waals surface area contributed by atoms with Crippen molar-refractivity contribution in [2.75, 3.05) is 6.61 Å². The van der Waals surface area contributed by atoms with Crippen LogP contribution in [0, 0.1) is 0 Å². The highest BCUT2D eigenvalue weighted by atomic mass is 31.2. The third-order valence-corrected chi connectivity index (χ3v) is 7.94. The van der Waals surface area contributed by atoms with E-state index < -0.39 is 67.5 Å². The number of hydrogen-bond donors (Lipinski definition) is 4. The lowest BCUT2D eigenvalue weighted by Gasteiger charge is -2.29. The van der Waals surface area contributed by atoms with Gasteiger partial charge in [0.1, 0.15) is 30.1 Å². The Labute approximate surface area is 233 Å². The van der Waals surface area contributed by atoms with Crippen LogP contribution in [0.2, 0.25) is 0 Å². The van der Waals surface area contributed by atoms with Gasteiger partial charge in [-0.05, 0) is 39.1 Å². The molecule has 6 atom stereocenters. The Morgan fingerprint density at radius 3 is 2.56 bits per heavy atom. The fourth-order valence-electron chi connectivity index (χ4n) is 4.30. The first-order chi connectivity index (χ1) is 19.1. The van der Waals surface area contributed by atoms with Gasteiger partial charge in [-0.2, -0.15) is 5.09 Å². The molecule has 1 aliphatic rings. The van der Waals surface area contributed by atoms with Crippen LogP contribution in [0.4, 0.5) is 4.39 Å². The van der Waals surface area contributed by atoms with E-state index in [2.05, 4.69) is 5.09 Å². The van der Waals surface area contributed by atoms with Crippen molar-refractivity contribution >= 4 is 24.5 Å².